The van der Waals surface area contributed by atoms with Gasteiger partial charge in [-0.3, -0.25) is 14.5 Å². The molecule has 0 spiro atoms. The van der Waals surface area contributed by atoms with Gasteiger partial charge in [-0.05, 0) is 35.8 Å². The van der Waals surface area contributed by atoms with Crippen molar-refractivity contribution in [3.8, 4) is 0 Å². The average Bonchev–Trinajstić information content (AvgIpc) is 3.35. The summed E-state index contributed by atoms with van der Waals surface area (Å²) in [6.45, 7) is 2.06. The first-order chi connectivity index (χ1) is 17.1. The molecular weight excluding hydrogens is 454 g/mol. The number of thiazole rings is 1. The number of nitrogens with zero attached hydrogens (tertiary/aromatic N) is 2. The van der Waals surface area contributed by atoms with Gasteiger partial charge in [-0.2, -0.15) is 0 Å². The Morgan fingerprint density at radius 2 is 1.49 bits per heavy atom. The van der Waals surface area contributed by atoms with Crippen LogP contribution >= 0.6 is 11.3 Å². The quantitative estimate of drug-likeness (QED) is 0.290. The van der Waals surface area contributed by atoms with E-state index in [9.17, 15) is 9.59 Å². The van der Waals surface area contributed by atoms with Crippen LogP contribution in [0.2, 0.25) is 0 Å². The molecule has 0 saturated heterocycles. The second-order valence-electron chi connectivity index (χ2n) is 8.03. The number of hydrogen-bond donors (Lipinski definition) is 1. The molecule has 0 fully saturated rings. The zero-order valence-electron chi connectivity index (χ0n) is 19.5. The SMILES string of the molecule is CC(=O)N(c1ccccc1)c1nc(C=CC(=O)NCCC(c2ccccc2)c2ccccc2)cs1. The number of aromatic nitrogens is 1. The van der Waals surface area contributed by atoms with E-state index in [-0.39, 0.29) is 17.7 Å². The van der Waals surface area contributed by atoms with Crippen molar-refractivity contribution < 1.29 is 9.59 Å². The van der Waals surface area contributed by atoms with Crippen LogP contribution in [0, 0.1) is 0 Å². The highest BCUT2D eigenvalue weighted by Crippen LogP contribution is 2.29. The van der Waals surface area contributed by atoms with E-state index in [4.69, 9.17) is 0 Å². The van der Waals surface area contributed by atoms with E-state index in [1.165, 1.54) is 35.5 Å². The topological polar surface area (TPSA) is 62.3 Å². The number of para-hydroxylation sites is 1. The standard InChI is InChI=1S/C29H27N3O2S/c1-22(33)32(26-15-9-4-10-16-26)29-31-25(21-35-29)17-18-28(34)30-20-19-27(23-11-5-2-6-12-23)24-13-7-3-8-14-24/h2-18,21,27H,19-20H2,1H3,(H,30,34). The predicted octanol–water partition coefficient (Wildman–Crippen LogP) is 6.18. The molecule has 0 radical (unpaired) electrons. The van der Waals surface area contributed by atoms with E-state index in [0.717, 1.165) is 12.1 Å². The third-order valence-corrected chi connectivity index (χ3v) is 6.42. The van der Waals surface area contributed by atoms with Crippen molar-refractivity contribution in [1.82, 2.24) is 10.3 Å². The summed E-state index contributed by atoms with van der Waals surface area (Å²) in [5.74, 6) is -0.0885. The molecule has 35 heavy (non-hydrogen) atoms. The van der Waals surface area contributed by atoms with Crippen LogP contribution < -0.4 is 10.2 Å². The smallest absolute Gasteiger partial charge is 0.244 e. The maximum absolute atomic E-state index is 12.5. The van der Waals surface area contributed by atoms with Crippen molar-refractivity contribution in [2.24, 2.45) is 0 Å². The molecular formula is C29H27N3O2S. The largest absolute Gasteiger partial charge is 0.353 e. The Morgan fingerprint density at radius 3 is 2.06 bits per heavy atom. The van der Waals surface area contributed by atoms with Crippen LogP contribution in [0.5, 0.6) is 0 Å². The number of rotatable bonds is 9. The lowest BCUT2D eigenvalue weighted by atomic mass is 9.88. The van der Waals surface area contributed by atoms with Gasteiger partial charge in [0, 0.05) is 30.8 Å². The second kappa shape index (κ2) is 11.9. The van der Waals surface area contributed by atoms with E-state index >= 15 is 0 Å². The number of carbonyl (C=O) groups excluding carboxylic acids is 2. The monoisotopic (exact) mass is 481 g/mol. The van der Waals surface area contributed by atoms with Crippen molar-refractivity contribution in [2.75, 3.05) is 11.4 Å². The summed E-state index contributed by atoms with van der Waals surface area (Å²) in [4.78, 5) is 30.8. The van der Waals surface area contributed by atoms with E-state index in [1.807, 2.05) is 72.1 Å². The van der Waals surface area contributed by atoms with Gasteiger partial charge in [0.05, 0.1) is 11.4 Å². The van der Waals surface area contributed by atoms with Crippen LogP contribution in [-0.4, -0.2) is 23.3 Å². The van der Waals surface area contributed by atoms with Gasteiger partial charge in [-0.25, -0.2) is 4.98 Å². The van der Waals surface area contributed by atoms with Crippen LogP contribution in [0.4, 0.5) is 10.8 Å². The fraction of sp³-hybridized carbons (Fsp3) is 0.138. The number of benzene rings is 3. The lowest BCUT2D eigenvalue weighted by molar-refractivity contribution is -0.117. The van der Waals surface area contributed by atoms with Gasteiger partial charge in [0.15, 0.2) is 5.13 Å². The van der Waals surface area contributed by atoms with Crippen molar-refractivity contribution in [1.29, 1.82) is 0 Å². The molecule has 4 rings (SSSR count). The zero-order chi connectivity index (χ0) is 24.5. The molecule has 1 N–H and O–H groups in total. The minimum atomic E-state index is -0.175. The molecule has 0 aliphatic carbocycles. The molecule has 5 nitrogen and oxygen atoms in total. The van der Waals surface area contributed by atoms with Gasteiger partial charge < -0.3 is 5.32 Å². The summed E-state index contributed by atoms with van der Waals surface area (Å²) >= 11 is 1.36. The lowest BCUT2D eigenvalue weighted by Gasteiger charge is -2.18. The molecule has 0 saturated carbocycles. The van der Waals surface area contributed by atoms with Gasteiger partial charge in [0.2, 0.25) is 11.8 Å². The molecule has 1 heterocycles. The van der Waals surface area contributed by atoms with Crippen molar-refractivity contribution in [3.05, 3.63) is 119 Å². The Labute approximate surface area is 209 Å². The number of anilines is 2. The molecule has 3 aromatic carbocycles. The highest BCUT2D eigenvalue weighted by Gasteiger charge is 2.17. The molecule has 0 atom stereocenters. The second-order valence-corrected chi connectivity index (χ2v) is 8.87. The maximum atomic E-state index is 12.5. The summed E-state index contributed by atoms with van der Waals surface area (Å²) in [5.41, 5.74) is 3.85. The van der Waals surface area contributed by atoms with Gasteiger partial charge in [0.25, 0.3) is 0 Å². The number of carbonyl (C=O) groups is 2. The minimum Gasteiger partial charge on any atom is -0.353 e. The van der Waals surface area contributed by atoms with Crippen molar-refractivity contribution in [2.45, 2.75) is 19.3 Å². The molecule has 0 unspecified atom stereocenters. The number of hydrogen-bond acceptors (Lipinski definition) is 4. The van der Waals surface area contributed by atoms with E-state index in [0.29, 0.717) is 17.4 Å². The van der Waals surface area contributed by atoms with Crippen molar-refractivity contribution in [3.63, 3.8) is 0 Å². The molecule has 0 aliphatic heterocycles. The van der Waals surface area contributed by atoms with E-state index in [2.05, 4.69) is 34.6 Å². The Morgan fingerprint density at radius 1 is 0.914 bits per heavy atom. The summed E-state index contributed by atoms with van der Waals surface area (Å²) in [5, 5.41) is 5.38. The zero-order valence-corrected chi connectivity index (χ0v) is 20.3. The van der Waals surface area contributed by atoms with Crippen LogP contribution in [0.1, 0.15) is 36.1 Å². The van der Waals surface area contributed by atoms with Crippen LogP contribution in [0.15, 0.2) is 102 Å². The summed E-state index contributed by atoms with van der Waals surface area (Å²) < 4.78 is 0. The molecule has 176 valence electrons. The predicted molar refractivity (Wildman–Crippen MR) is 143 cm³/mol. The highest BCUT2D eigenvalue weighted by atomic mass is 32.1. The first-order valence-corrected chi connectivity index (χ1v) is 12.4. The molecule has 6 heteroatoms. The summed E-state index contributed by atoms with van der Waals surface area (Å²) in [6.07, 6.45) is 3.95. The molecule has 1 aromatic heterocycles. The Hall–Kier alpha value is -4.03. The Balaban J connectivity index is 1.36. The fourth-order valence-corrected chi connectivity index (χ4v) is 4.77. The van der Waals surface area contributed by atoms with Gasteiger partial charge >= 0.3 is 0 Å². The molecule has 0 aliphatic rings. The number of amides is 2. The summed E-state index contributed by atoms with van der Waals surface area (Å²) in [6, 6.07) is 30.1. The van der Waals surface area contributed by atoms with Crippen molar-refractivity contribution >= 4 is 40.0 Å². The van der Waals surface area contributed by atoms with E-state index in [1.54, 1.807) is 11.0 Å². The van der Waals surface area contributed by atoms with E-state index < -0.39 is 0 Å². The van der Waals surface area contributed by atoms with Gasteiger partial charge in [-0.1, -0.05) is 78.9 Å². The molecule has 4 aromatic rings. The van der Waals surface area contributed by atoms with Crippen LogP contribution in [0.3, 0.4) is 0 Å². The normalized spacial score (nSPS) is 11.0. The summed E-state index contributed by atoms with van der Waals surface area (Å²) in [7, 11) is 0. The first kappa shape index (κ1) is 24.1. The third-order valence-electron chi connectivity index (χ3n) is 5.57. The Kier molecular flexibility index (Phi) is 8.20. The minimum absolute atomic E-state index is 0.120. The maximum Gasteiger partial charge on any atom is 0.244 e. The highest BCUT2D eigenvalue weighted by molar-refractivity contribution is 7.14. The average molecular weight is 482 g/mol. The van der Waals surface area contributed by atoms with Gasteiger partial charge in [0.1, 0.15) is 0 Å². The Bertz CT molecular complexity index is 1230. The van der Waals surface area contributed by atoms with Crippen LogP contribution in [-0.2, 0) is 9.59 Å². The third kappa shape index (κ3) is 6.52. The van der Waals surface area contributed by atoms with Gasteiger partial charge in [-0.15, -0.1) is 11.3 Å². The molecule has 2 amide bonds. The number of nitrogens with one attached hydrogen (secondary N) is 1. The lowest BCUT2D eigenvalue weighted by Crippen LogP contribution is -2.24. The fourth-order valence-electron chi connectivity index (χ4n) is 3.92. The van der Waals surface area contributed by atoms with Crippen LogP contribution in [0.25, 0.3) is 6.08 Å². The molecule has 0 bridgehead atoms. The first-order valence-electron chi connectivity index (χ1n) is 11.5.